The Hall–Kier alpha value is 0.0500. The Morgan fingerprint density at radius 3 is 2.64 bits per heavy atom. The van der Waals surface area contributed by atoms with Gasteiger partial charge in [0, 0.05) is 11.8 Å². The molecule has 2 heteroatoms. The quantitative estimate of drug-likeness (QED) is 0.591. The molecule has 0 aliphatic rings. The van der Waals surface area contributed by atoms with Crippen LogP contribution in [0.2, 0.25) is 0 Å². The number of hydrogen-bond acceptors (Lipinski definition) is 2. The molecule has 1 nitrogen and oxygen atoms in total. The van der Waals surface area contributed by atoms with Crippen molar-refractivity contribution in [2.45, 2.75) is 46.1 Å². The van der Waals surface area contributed by atoms with Crippen molar-refractivity contribution >= 4 is 11.8 Å². The maximum absolute atomic E-state index is 3.95. The molecule has 0 radical (unpaired) electrons. The fourth-order valence-corrected chi connectivity index (χ4v) is 2.08. The normalized spacial score (nSPS) is 12.8. The summed E-state index contributed by atoms with van der Waals surface area (Å²) in [5, 5.41) is 3.60. The highest BCUT2D eigenvalue weighted by Crippen LogP contribution is 2.10. The summed E-state index contributed by atoms with van der Waals surface area (Å²) in [6.45, 7) is 11.7. The van der Waals surface area contributed by atoms with Crippen LogP contribution in [0.25, 0.3) is 0 Å². The van der Waals surface area contributed by atoms with E-state index in [0.717, 1.165) is 13.0 Å². The Bertz CT molecular complexity index is 137. The van der Waals surface area contributed by atoms with Gasteiger partial charge in [-0.1, -0.05) is 19.4 Å². The molecule has 1 N–H and O–H groups in total. The van der Waals surface area contributed by atoms with E-state index in [9.17, 15) is 0 Å². The summed E-state index contributed by atoms with van der Waals surface area (Å²) < 4.78 is 0. The molecule has 0 aliphatic carbocycles. The summed E-state index contributed by atoms with van der Waals surface area (Å²) in [4.78, 5) is 0. The Labute approximate surface area is 93.7 Å². The average molecular weight is 215 g/mol. The van der Waals surface area contributed by atoms with Gasteiger partial charge >= 0.3 is 0 Å². The van der Waals surface area contributed by atoms with E-state index >= 15 is 0 Å². The third kappa shape index (κ3) is 8.64. The minimum Gasteiger partial charge on any atom is -0.313 e. The molecule has 0 saturated carbocycles. The van der Waals surface area contributed by atoms with Gasteiger partial charge in [0.25, 0.3) is 0 Å². The van der Waals surface area contributed by atoms with Crippen LogP contribution in [0.4, 0.5) is 0 Å². The van der Waals surface area contributed by atoms with Crippen LogP contribution in [-0.4, -0.2) is 24.1 Å². The van der Waals surface area contributed by atoms with Crippen molar-refractivity contribution in [3.63, 3.8) is 0 Å². The van der Waals surface area contributed by atoms with Gasteiger partial charge in [-0.15, -0.1) is 6.58 Å². The smallest absolute Gasteiger partial charge is 0.0161 e. The largest absolute Gasteiger partial charge is 0.313 e. The Morgan fingerprint density at radius 1 is 1.43 bits per heavy atom. The summed E-state index contributed by atoms with van der Waals surface area (Å²) in [5.41, 5.74) is 1.30. The van der Waals surface area contributed by atoms with Crippen molar-refractivity contribution < 1.29 is 0 Å². The van der Waals surface area contributed by atoms with Crippen LogP contribution < -0.4 is 5.32 Å². The number of allylic oxidation sites excluding steroid dienone is 1. The maximum Gasteiger partial charge on any atom is 0.0161 e. The second-order valence-electron chi connectivity index (χ2n) is 3.81. The predicted octanol–water partition coefficient (Wildman–Crippen LogP) is 3.46. The van der Waals surface area contributed by atoms with Gasteiger partial charge in [0.05, 0.1) is 0 Å². The minimum atomic E-state index is 0.677. The van der Waals surface area contributed by atoms with Crippen LogP contribution in [0.1, 0.15) is 40.0 Å². The van der Waals surface area contributed by atoms with Crippen LogP contribution in [0.3, 0.4) is 0 Å². The van der Waals surface area contributed by atoms with Crippen LogP contribution in [0, 0.1) is 0 Å². The zero-order valence-electron chi connectivity index (χ0n) is 9.94. The van der Waals surface area contributed by atoms with Crippen molar-refractivity contribution in [3.05, 3.63) is 12.2 Å². The topological polar surface area (TPSA) is 12.0 Å². The van der Waals surface area contributed by atoms with Crippen LogP contribution in [0.15, 0.2) is 12.2 Å². The molecule has 0 aromatic carbocycles. The highest BCUT2D eigenvalue weighted by Gasteiger charge is 2.06. The standard InChI is InChI=1S/C12H25NS/c1-5-9-13-12(10-14-6-2)8-7-11(3)4/h12-13H,3,5-10H2,1-2,4H3. The van der Waals surface area contributed by atoms with E-state index in [-0.39, 0.29) is 0 Å². The van der Waals surface area contributed by atoms with Gasteiger partial charge in [0.15, 0.2) is 0 Å². The zero-order chi connectivity index (χ0) is 10.8. The third-order valence-corrected chi connectivity index (χ3v) is 3.17. The Balaban J connectivity index is 3.65. The summed E-state index contributed by atoms with van der Waals surface area (Å²) >= 11 is 2.03. The predicted molar refractivity (Wildman–Crippen MR) is 69.1 cm³/mol. The van der Waals surface area contributed by atoms with Gasteiger partial charge in [-0.05, 0) is 38.5 Å². The molecule has 1 atom stereocenters. The van der Waals surface area contributed by atoms with Crippen LogP contribution in [0.5, 0.6) is 0 Å². The molecule has 0 aromatic heterocycles. The lowest BCUT2D eigenvalue weighted by Gasteiger charge is -2.17. The van der Waals surface area contributed by atoms with E-state index in [1.165, 1.54) is 29.9 Å². The third-order valence-electron chi connectivity index (χ3n) is 2.13. The molecule has 0 fully saturated rings. The Morgan fingerprint density at radius 2 is 2.14 bits per heavy atom. The number of nitrogens with one attached hydrogen (secondary N) is 1. The molecule has 0 saturated heterocycles. The van der Waals surface area contributed by atoms with Crippen LogP contribution in [-0.2, 0) is 0 Å². The maximum atomic E-state index is 3.95. The van der Waals surface area contributed by atoms with Gasteiger partial charge in [-0.25, -0.2) is 0 Å². The second kappa shape index (κ2) is 9.60. The number of rotatable bonds is 9. The zero-order valence-corrected chi connectivity index (χ0v) is 10.8. The molecule has 0 bridgehead atoms. The summed E-state index contributed by atoms with van der Waals surface area (Å²) in [7, 11) is 0. The van der Waals surface area contributed by atoms with Gasteiger partial charge < -0.3 is 5.32 Å². The van der Waals surface area contributed by atoms with E-state index in [0.29, 0.717) is 6.04 Å². The lowest BCUT2D eigenvalue weighted by molar-refractivity contribution is 0.519. The summed E-state index contributed by atoms with van der Waals surface area (Å²) in [5.74, 6) is 2.46. The molecule has 84 valence electrons. The van der Waals surface area contributed by atoms with Crippen molar-refractivity contribution in [2.24, 2.45) is 0 Å². The molecular weight excluding hydrogens is 190 g/mol. The minimum absolute atomic E-state index is 0.677. The van der Waals surface area contributed by atoms with Crippen molar-refractivity contribution in [1.29, 1.82) is 0 Å². The summed E-state index contributed by atoms with van der Waals surface area (Å²) in [6, 6.07) is 0.677. The fraction of sp³-hybridized carbons (Fsp3) is 0.833. The number of hydrogen-bond donors (Lipinski definition) is 1. The van der Waals surface area contributed by atoms with E-state index in [2.05, 4.69) is 32.7 Å². The molecule has 0 heterocycles. The van der Waals surface area contributed by atoms with Gasteiger partial charge in [-0.3, -0.25) is 0 Å². The van der Waals surface area contributed by atoms with E-state index < -0.39 is 0 Å². The van der Waals surface area contributed by atoms with Crippen molar-refractivity contribution in [2.75, 3.05) is 18.1 Å². The van der Waals surface area contributed by atoms with Crippen molar-refractivity contribution in [1.82, 2.24) is 5.32 Å². The van der Waals surface area contributed by atoms with Crippen LogP contribution >= 0.6 is 11.8 Å². The lowest BCUT2D eigenvalue weighted by atomic mass is 10.1. The molecule has 1 unspecified atom stereocenters. The SMILES string of the molecule is C=C(C)CCC(CSCC)NCCC. The highest BCUT2D eigenvalue weighted by atomic mass is 32.2. The first-order valence-electron chi connectivity index (χ1n) is 5.66. The molecule has 14 heavy (non-hydrogen) atoms. The fourth-order valence-electron chi connectivity index (χ4n) is 1.27. The Kier molecular flexibility index (Phi) is 9.63. The first kappa shape index (κ1) is 14.1. The lowest BCUT2D eigenvalue weighted by Crippen LogP contribution is -2.32. The number of thioether (sulfide) groups is 1. The molecule has 0 amide bonds. The summed E-state index contributed by atoms with van der Waals surface area (Å²) in [6.07, 6.45) is 3.62. The molecule has 0 spiro atoms. The highest BCUT2D eigenvalue weighted by molar-refractivity contribution is 7.99. The van der Waals surface area contributed by atoms with Gasteiger partial charge in [0.1, 0.15) is 0 Å². The van der Waals surface area contributed by atoms with E-state index in [1.54, 1.807) is 0 Å². The van der Waals surface area contributed by atoms with Crippen molar-refractivity contribution in [3.8, 4) is 0 Å². The monoisotopic (exact) mass is 215 g/mol. The molecule has 0 aliphatic heterocycles. The van der Waals surface area contributed by atoms with Gasteiger partial charge in [-0.2, -0.15) is 11.8 Å². The second-order valence-corrected chi connectivity index (χ2v) is 5.13. The van der Waals surface area contributed by atoms with E-state index in [1.807, 2.05) is 11.8 Å². The first-order chi connectivity index (χ1) is 6.70. The molecule has 0 rings (SSSR count). The van der Waals surface area contributed by atoms with Gasteiger partial charge in [0.2, 0.25) is 0 Å². The first-order valence-corrected chi connectivity index (χ1v) is 6.81. The van der Waals surface area contributed by atoms with E-state index in [4.69, 9.17) is 0 Å². The molecule has 0 aromatic rings. The average Bonchev–Trinajstić information content (AvgIpc) is 2.16. The molecular formula is C12H25NS.